The van der Waals surface area contributed by atoms with Crippen molar-refractivity contribution in [3.63, 3.8) is 0 Å². The maximum absolute atomic E-state index is 14.3. The Bertz CT molecular complexity index is 1680. The Morgan fingerprint density at radius 2 is 1.86 bits per heavy atom. The van der Waals surface area contributed by atoms with Crippen LogP contribution in [0.3, 0.4) is 0 Å². The third-order valence-electron chi connectivity index (χ3n) is 9.10. The van der Waals surface area contributed by atoms with Crippen LogP contribution in [-0.2, 0) is 41.4 Å². The normalized spacial score (nSPS) is 19.8. The number of nitrogens with zero attached hydrogens (tertiary/aromatic N) is 2. The van der Waals surface area contributed by atoms with Crippen LogP contribution >= 0.6 is 11.8 Å². The molecule has 12 nitrogen and oxygen atoms in total. The van der Waals surface area contributed by atoms with Gasteiger partial charge in [-0.3, -0.25) is 4.79 Å². The molecule has 2 aliphatic rings. The maximum atomic E-state index is 14.3. The summed E-state index contributed by atoms with van der Waals surface area (Å²) < 4.78 is 39.2. The van der Waals surface area contributed by atoms with Gasteiger partial charge in [-0.15, -0.1) is 11.8 Å². The van der Waals surface area contributed by atoms with Gasteiger partial charge in [-0.1, -0.05) is 39.1 Å². The van der Waals surface area contributed by atoms with E-state index in [1.165, 1.54) is 18.9 Å². The SMILES string of the molecule is CCCCc1ncc(C2(c3ccc(OC)cc3OCC(=O)OCC)SC2(Cc2ccc3c(c2)OCO3)C(=O)OC)n1OCOC(C)[Si](C)(C)C. The fourth-order valence-corrected chi connectivity index (χ4v) is 8.23. The number of ether oxygens (including phenoxy) is 7. The van der Waals surface area contributed by atoms with Crippen LogP contribution in [0.2, 0.25) is 19.6 Å². The van der Waals surface area contributed by atoms with E-state index < -0.39 is 29.5 Å². The molecule has 3 unspecified atom stereocenters. The summed E-state index contributed by atoms with van der Waals surface area (Å²) in [5.74, 6) is 1.82. The second kappa shape index (κ2) is 15.6. The molecule has 0 N–H and O–H groups in total. The molecule has 1 fully saturated rings. The molecule has 2 aliphatic heterocycles. The van der Waals surface area contributed by atoms with Crippen molar-refractivity contribution in [2.45, 2.75) is 81.3 Å². The Labute approximate surface area is 299 Å². The van der Waals surface area contributed by atoms with Gasteiger partial charge in [-0.25, -0.2) is 9.78 Å². The van der Waals surface area contributed by atoms with Crippen molar-refractivity contribution in [1.29, 1.82) is 0 Å². The molecule has 3 atom stereocenters. The zero-order valence-corrected chi connectivity index (χ0v) is 32.0. The molecule has 50 heavy (non-hydrogen) atoms. The second-order valence-electron chi connectivity index (χ2n) is 13.3. The summed E-state index contributed by atoms with van der Waals surface area (Å²) in [5, 5.41) is 0. The van der Waals surface area contributed by atoms with Crippen molar-refractivity contribution < 1.29 is 47.6 Å². The summed E-state index contributed by atoms with van der Waals surface area (Å²) in [7, 11) is 1.31. The fourth-order valence-electron chi connectivity index (χ4n) is 5.90. The number of hydrogen-bond donors (Lipinski definition) is 0. The largest absolute Gasteiger partial charge is 0.497 e. The number of imidazole rings is 1. The highest BCUT2D eigenvalue weighted by Crippen LogP contribution is 2.76. The predicted molar refractivity (Wildman–Crippen MR) is 191 cm³/mol. The Morgan fingerprint density at radius 1 is 1.08 bits per heavy atom. The smallest absolute Gasteiger partial charge is 0.344 e. The fraction of sp³-hybridized carbons (Fsp3) is 0.528. The highest BCUT2D eigenvalue weighted by atomic mass is 32.2. The lowest BCUT2D eigenvalue weighted by molar-refractivity contribution is -0.145. The van der Waals surface area contributed by atoms with Crippen LogP contribution in [0.25, 0.3) is 0 Å². The topological polar surface area (TPSA) is 126 Å². The molecule has 0 amide bonds. The molecular weight excluding hydrogens is 681 g/mol. The van der Waals surface area contributed by atoms with Crippen LogP contribution in [-0.4, -0.2) is 81.2 Å². The Hall–Kier alpha value is -3.88. The summed E-state index contributed by atoms with van der Waals surface area (Å²) in [6.07, 6.45) is 4.48. The van der Waals surface area contributed by atoms with Crippen LogP contribution in [0.5, 0.6) is 23.0 Å². The lowest BCUT2D eigenvalue weighted by atomic mass is 9.79. The van der Waals surface area contributed by atoms with E-state index in [1.54, 1.807) is 37.1 Å². The first-order chi connectivity index (χ1) is 23.9. The average molecular weight is 729 g/mol. The van der Waals surface area contributed by atoms with Gasteiger partial charge in [0.1, 0.15) is 32.5 Å². The molecule has 0 saturated carbocycles. The minimum Gasteiger partial charge on any atom is -0.497 e. The molecule has 0 spiro atoms. The van der Waals surface area contributed by atoms with E-state index in [4.69, 9.17) is 43.0 Å². The summed E-state index contributed by atoms with van der Waals surface area (Å²) in [6.45, 7) is 12.6. The number of unbranched alkanes of at least 4 members (excludes halogenated alkanes) is 1. The third-order valence-corrected chi connectivity index (χ3v) is 13.6. The molecule has 0 radical (unpaired) electrons. The summed E-state index contributed by atoms with van der Waals surface area (Å²) in [5.41, 5.74) is 2.08. The molecule has 0 bridgehead atoms. The number of rotatable bonds is 18. The summed E-state index contributed by atoms with van der Waals surface area (Å²) in [4.78, 5) is 38.1. The van der Waals surface area contributed by atoms with E-state index in [1.807, 2.05) is 24.3 Å². The Morgan fingerprint density at radius 3 is 2.56 bits per heavy atom. The van der Waals surface area contributed by atoms with Crippen LogP contribution in [0.1, 0.15) is 56.3 Å². The van der Waals surface area contributed by atoms with Crippen LogP contribution in [0.15, 0.2) is 42.6 Å². The highest BCUT2D eigenvalue weighted by Gasteiger charge is 2.78. The highest BCUT2D eigenvalue weighted by molar-refractivity contribution is 8.10. The molecule has 3 aromatic rings. The number of fused-ring (bicyclic) bond motifs is 1. The molecule has 3 heterocycles. The predicted octanol–water partition coefficient (Wildman–Crippen LogP) is 5.72. The van der Waals surface area contributed by atoms with E-state index in [0.717, 1.165) is 18.4 Å². The lowest BCUT2D eigenvalue weighted by Gasteiger charge is -2.28. The van der Waals surface area contributed by atoms with Gasteiger partial charge in [0.15, 0.2) is 18.1 Å². The Kier molecular flexibility index (Phi) is 11.6. The van der Waals surface area contributed by atoms with Crippen molar-refractivity contribution in [2.75, 3.05) is 41.0 Å². The number of esters is 2. The molecule has 5 rings (SSSR count). The number of benzene rings is 2. The van der Waals surface area contributed by atoms with Crippen molar-refractivity contribution in [3.8, 4) is 23.0 Å². The van der Waals surface area contributed by atoms with Gasteiger partial charge in [0, 0.05) is 30.2 Å². The molecule has 0 aliphatic carbocycles. The third kappa shape index (κ3) is 7.42. The van der Waals surface area contributed by atoms with Crippen molar-refractivity contribution in [1.82, 2.24) is 9.71 Å². The van der Waals surface area contributed by atoms with Gasteiger partial charge in [-0.05, 0) is 50.1 Å². The molecule has 1 aromatic heterocycles. The zero-order chi connectivity index (χ0) is 36.1. The molecule has 1 saturated heterocycles. The second-order valence-corrected chi connectivity index (χ2v) is 20.4. The van der Waals surface area contributed by atoms with Crippen molar-refractivity contribution in [2.24, 2.45) is 0 Å². The lowest BCUT2D eigenvalue weighted by Crippen LogP contribution is -2.41. The summed E-state index contributed by atoms with van der Waals surface area (Å²) in [6, 6.07) is 11.0. The van der Waals surface area contributed by atoms with Crippen LogP contribution < -0.4 is 23.8 Å². The van der Waals surface area contributed by atoms with E-state index in [9.17, 15) is 9.59 Å². The van der Waals surface area contributed by atoms with Gasteiger partial charge >= 0.3 is 11.9 Å². The molecular formula is C36H48N2O10SSi. The van der Waals surface area contributed by atoms with Gasteiger partial charge < -0.3 is 38.0 Å². The first-order valence-electron chi connectivity index (χ1n) is 16.9. The monoisotopic (exact) mass is 728 g/mol. The van der Waals surface area contributed by atoms with E-state index in [2.05, 4.69) is 33.5 Å². The first-order valence-corrected chi connectivity index (χ1v) is 21.3. The van der Waals surface area contributed by atoms with E-state index in [-0.39, 0.29) is 38.9 Å². The van der Waals surface area contributed by atoms with Gasteiger partial charge in [0.2, 0.25) is 13.6 Å². The number of aryl methyl sites for hydroxylation is 1. The average Bonchev–Trinajstić information content (AvgIpc) is 3.35. The number of methoxy groups -OCH3 is 2. The standard InChI is InChI=1S/C36H48N2O10SSi/c1-9-11-12-32-37-20-31(38(32)48-23-45-24(3)50(6,7)8)36(27-15-14-26(41-4)18-29(27)44-21-33(39)43-10-2)35(49-36,34(40)42-5)19-25-13-16-28-30(17-25)47-22-46-28/h13-18,20,24H,9-12,19,21-23H2,1-8H3. The van der Waals surface area contributed by atoms with E-state index >= 15 is 0 Å². The summed E-state index contributed by atoms with van der Waals surface area (Å²) >= 11 is 1.41. The molecule has 14 heteroatoms. The minimum absolute atomic E-state index is 0.0170. The maximum Gasteiger partial charge on any atom is 0.344 e. The van der Waals surface area contributed by atoms with Crippen LogP contribution in [0.4, 0.5) is 0 Å². The quantitative estimate of drug-likeness (QED) is 0.0689. The molecule has 272 valence electrons. The van der Waals surface area contributed by atoms with Gasteiger partial charge in [-0.2, -0.15) is 4.73 Å². The van der Waals surface area contributed by atoms with Crippen molar-refractivity contribution >= 4 is 31.8 Å². The Balaban J connectivity index is 1.68. The van der Waals surface area contributed by atoms with Gasteiger partial charge in [0.25, 0.3) is 0 Å². The number of thioether (sulfide) groups is 1. The molecule has 2 aromatic carbocycles. The van der Waals surface area contributed by atoms with Crippen molar-refractivity contribution in [3.05, 3.63) is 65.2 Å². The minimum atomic E-state index is -1.62. The number of carbonyl (C=O) groups is 2. The number of hydrogen-bond acceptors (Lipinski definition) is 12. The van der Waals surface area contributed by atoms with Crippen LogP contribution in [0, 0.1) is 0 Å². The number of aromatic nitrogens is 2. The number of carbonyl (C=O) groups excluding carboxylic acids is 2. The van der Waals surface area contributed by atoms with Gasteiger partial charge in [0.05, 0.1) is 35.1 Å². The first kappa shape index (κ1) is 37.4. The zero-order valence-electron chi connectivity index (χ0n) is 30.2. The van der Waals surface area contributed by atoms with E-state index in [0.29, 0.717) is 46.5 Å².